The van der Waals surface area contributed by atoms with E-state index in [-0.39, 0.29) is 11.3 Å². The summed E-state index contributed by atoms with van der Waals surface area (Å²) in [5.74, 6) is 1.50. The molecule has 2 saturated carbocycles. The molecule has 3 aliphatic carbocycles. The number of benzene rings is 1. The number of fused-ring (bicyclic) bond motifs is 5. The summed E-state index contributed by atoms with van der Waals surface area (Å²) in [6.45, 7) is 2.38. The van der Waals surface area contributed by atoms with Crippen LogP contribution in [0.4, 0.5) is 0 Å². The van der Waals surface area contributed by atoms with Crippen molar-refractivity contribution in [2.45, 2.75) is 64.2 Å². The van der Waals surface area contributed by atoms with Crippen LogP contribution < -0.4 is 0 Å². The van der Waals surface area contributed by atoms with E-state index < -0.39 is 5.97 Å². The van der Waals surface area contributed by atoms with Crippen LogP contribution in [0.5, 0.6) is 0 Å². The van der Waals surface area contributed by atoms with Gasteiger partial charge in [0.2, 0.25) is 0 Å². The van der Waals surface area contributed by atoms with E-state index in [4.69, 9.17) is 0 Å². The summed E-state index contributed by atoms with van der Waals surface area (Å²) in [6.07, 6.45) is 9.60. The normalized spacial score (nSPS) is 31.4. The Morgan fingerprint density at radius 1 is 1.13 bits per heavy atom. The van der Waals surface area contributed by atoms with Crippen molar-refractivity contribution in [2.24, 2.45) is 23.2 Å². The molecule has 1 heterocycles. The highest BCUT2D eigenvalue weighted by molar-refractivity contribution is 5.88. The van der Waals surface area contributed by atoms with Gasteiger partial charge in [-0.15, -0.1) is 0 Å². The van der Waals surface area contributed by atoms with Crippen LogP contribution in [0.3, 0.4) is 0 Å². The van der Waals surface area contributed by atoms with Crippen molar-refractivity contribution in [3.63, 3.8) is 0 Å². The van der Waals surface area contributed by atoms with E-state index in [1.54, 1.807) is 12.3 Å². The van der Waals surface area contributed by atoms with Crippen molar-refractivity contribution in [1.29, 1.82) is 0 Å². The van der Waals surface area contributed by atoms with Gasteiger partial charge < -0.3 is 5.11 Å². The zero-order valence-electron chi connectivity index (χ0n) is 18.2. The summed E-state index contributed by atoms with van der Waals surface area (Å²) in [5, 5.41) is 9.34. The molecule has 1 aromatic carbocycles. The topological polar surface area (TPSA) is 67.3 Å². The van der Waals surface area contributed by atoms with Crippen molar-refractivity contribution in [2.75, 3.05) is 0 Å². The average molecular weight is 418 g/mol. The zero-order valence-corrected chi connectivity index (χ0v) is 18.2. The maximum absolute atomic E-state index is 13.3. The molecule has 3 aliphatic rings. The van der Waals surface area contributed by atoms with Crippen LogP contribution in [0.1, 0.15) is 78.5 Å². The maximum atomic E-state index is 13.3. The van der Waals surface area contributed by atoms with E-state index in [0.717, 1.165) is 50.6 Å². The monoisotopic (exact) mass is 417 g/mol. The third-order valence-electron chi connectivity index (χ3n) is 8.72. The second-order valence-corrected chi connectivity index (χ2v) is 10.1. The zero-order chi connectivity index (χ0) is 21.6. The number of aromatic carboxylic acids is 1. The van der Waals surface area contributed by atoms with E-state index in [2.05, 4.69) is 18.0 Å². The summed E-state index contributed by atoms with van der Waals surface area (Å²) in [7, 11) is 0. The molecular formula is C27H31NO3. The van der Waals surface area contributed by atoms with Gasteiger partial charge in [0.1, 0.15) is 5.78 Å². The number of carboxylic acid groups (broad SMARTS) is 1. The Balaban J connectivity index is 1.32. The minimum atomic E-state index is -0.844. The Bertz CT molecular complexity index is 1000. The van der Waals surface area contributed by atoms with Gasteiger partial charge >= 0.3 is 5.97 Å². The third-order valence-corrected chi connectivity index (χ3v) is 8.72. The van der Waals surface area contributed by atoms with Gasteiger partial charge in [0.25, 0.3) is 0 Å². The fraction of sp³-hybridized carbons (Fsp3) is 0.519. The van der Waals surface area contributed by atoms with Crippen molar-refractivity contribution in [1.82, 2.24) is 4.98 Å². The first kappa shape index (κ1) is 20.4. The van der Waals surface area contributed by atoms with Gasteiger partial charge in [0.15, 0.2) is 0 Å². The number of Topliss-reactive ketones (excluding diaryl/α,β-unsaturated/α-hetero) is 1. The van der Waals surface area contributed by atoms with Crippen LogP contribution in [0, 0.1) is 23.2 Å². The second-order valence-electron chi connectivity index (χ2n) is 10.1. The van der Waals surface area contributed by atoms with Crippen molar-refractivity contribution in [3.8, 4) is 0 Å². The summed E-state index contributed by atoms with van der Waals surface area (Å²) in [5.41, 5.74) is 4.11. The van der Waals surface area contributed by atoms with Gasteiger partial charge in [-0.1, -0.05) is 19.1 Å². The fourth-order valence-electron chi connectivity index (χ4n) is 7.22. The number of hydrogen-bond donors (Lipinski definition) is 1. The molecule has 1 N–H and O–H groups in total. The van der Waals surface area contributed by atoms with E-state index in [1.165, 1.54) is 11.1 Å². The first-order valence-electron chi connectivity index (χ1n) is 11.8. The number of rotatable bonds is 5. The number of ketones is 1. The van der Waals surface area contributed by atoms with Gasteiger partial charge in [0.05, 0.1) is 5.56 Å². The molecule has 0 unspecified atom stereocenters. The Hall–Kier alpha value is -2.49. The number of nitrogens with zero attached hydrogens (tertiary/aromatic N) is 1. The molecular weight excluding hydrogens is 386 g/mol. The first-order valence-corrected chi connectivity index (χ1v) is 11.8. The molecule has 0 spiro atoms. The standard InChI is InChI=1S/C27H31NO3/c1-27-14-13-21-20-8-6-18(26(30)31)16-17(20)5-9-22(21)23(27)10-11-24(27)25(29)12-7-19-4-2-3-15-28-19/h2-4,6,8,15-16,21-24H,5,7,9-14H2,1H3,(H,30,31)/t21-,22-,23+,24-,27+/m1/s1. The molecule has 5 atom stereocenters. The number of carboxylic acids is 1. The molecule has 0 amide bonds. The van der Waals surface area contributed by atoms with E-state index in [1.807, 2.05) is 24.3 Å². The largest absolute Gasteiger partial charge is 0.478 e. The Morgan fingerprint density at radius 2 is 2.00 bits per heavy atom. The van der Waals surface area contributed by atoms with E-state index >= 15 is 0 Å². The minimum absolute atomic E-state index is 0.112. The van der Waals surface area contributed by atoms with Gasteiger partial charge in [-0.3, -0.25) is 9.78 Å². The van der Waals surface area contributed by atoms with Gasteiger partial charge in [-0.2, -0.15) is 0 Å². The van der Waals surface area contributed by atoms with Gasteiger partial charge in [-0.25, -0.2) is 4.79 Å². The fourth-order valence-corrected chi connectivity index (χ4v) is 7.22. The van der Waals surface area contributed by atoms with Crippen LogP contribution in [0.2, 0.25) is 0 Å². The van der Waals surface area contributed by atoms with E-state index in [0.29, 0.717) is 35.5 Å². The van der Waals surface area contributed by atoms with Crippen LogP contribution in [0.15, 0.2) is 42.6 Å². The molecule has 4 heteroatoms. The molecule has 2 aromatic rings. The molecule has 162 valence electrons. The summed E-state index contributed by atoms with van der Waals surface area (Å²) in [6, 6.07) is 11.6. The Labute approximate surface area is 184 Å². The van der Waals surface area contributed by atoms with Crippen LogP contribution >= 0.6 is 0 Å². The van der Waals surface area contributed by atoms with Crippen LogP contribution in [-0.2, 0) is 17.6 Å². The lowest BCUT2D eigenvalue weighted by atomic mass is 9.53. The molecule has 0 saturated heterocycles. The molecule has 0 aliphatic heterocycles. The molecule has 31 heavy (non-hydrogen) atoms. The SMILES string of the molecule is C[C@]12CC[C@@H]3c4ccc(C(=O)O)cc4CC[C@H]3[C@@H]1CC[C@@H]2C(=O)CCc1ccccn1. The number of carbonyl (C=O) groups excluding carboxylic acids is 1. The van der Waals surface area contributed by atoms with Gasteiger partial charge in [-0.05, 0) is 104 Å². The number of aryl methyl sites for hydroxylation is 2. The summed E-state index contributed by atoms with van der Waals surface area (Å²) >= 11 is 0. The molecule has 1 aromatic heterocycles. The highest BCUT2D eigenvalue weighted by Crippen LogP contribution is 2.63. The van der Waals surface area contributed by atoms with Crippen LogP contribution in [0.25, 0.3) is 0 Å². The van der Waals surface area contributed by atoms with Crippen LogP contribution in [-0.4, -0.2) is 21.8 Å². The highest BCUT2D eigenvalue weighted by Gasteiger charge is 2.56. The molecule has 0 bridgehead atoms. The third kappa shape index (κ3) is 3.50. The number of pyridine rings is 1. The summed E-state index contributed by atoms with van der Waals surface area (Å²) < 4.78 is 0. The average Bonchev–Trinajstić information content (AvgIpc) is 3.15. The molecule has 5 rings (SSSR count). The lowest BCUT2D eigenvalue weighted by molar-refractivity contribution is -0.128. The number of aromatic nitrogens is 1. The second kappa shape index (κ2) is 7.89. The maximum Gasteiger partial charge on any atom is 0.335 e. The van der Waals surface area contributed by atoms with Crippen molar-refractivity contribution < 1.29 is 14.7 Å². The lowest BCUT2D eigenvalue weighted by Gasteiger charge is -2.50. The smallest absolute Gasteiger partial charge is 0.335 e. The van der Waals surface area contributed by atoms with Crippen molar-refractivity contribution in [3.05, 3.63) is 65.0 Å². The van der Waals surface area contributed by atoms with E-state index in [9.17, 15) is 14.7 Å². The molecule has 2 fully saturated rings. The number of carbonyl (C=O) groups is 2. The van der Waals surface area contributed by atoms with Gasteiger partial charge in [0, 0.05) is 24.2 Å². The Morgan fingerprint density at radius 3 is 2.77 bits per heavy atom. The first-order chi connectivity index (χ1) is 15.0. The number of hydrogen-bond acceptors (Lipinski definition) is 3. The molecule has 0 radical (unpaired) electrons. The predicted octanol–water partition coefficient (Wildman–Crippen LogP) is 5.45. The molecule has 4 nitrogen and oxygen atoms in total. The predicted molar refractivity (Wildman–Crippen MR) is 119 cm³/mol. The minimum Gasteiger partial charge on any atom is -0.478 e. The highest BCUT2D eigenvalue weighted by atomic mass is 16.4. The quantitative estimate of drug-likeness (QED) is 0.702. The lowest BCUT2D eigenvalue weighted by Crippen LogP contribution is -2.44. The van der Waals surface area contributed by atoms with Crippen molar-refractivity contribution >= 4 is 11.8 Å². The Kier molecular flexibility index (Phi) is 5.19. The summed E-state index contributed by atoms with van der Waals surface area (Å²) in [4.78, 5) is 29.0.